The summed E-state index contributed by atoms with van der Waals surface area (Å²) in [6.07, 6.45) is 1.79. The van der Waals surface area contributed by atoms with Crippen molar-refractivity contribution in [3.63, 3.8) is 0 Å². The highest BCUT2D eigenvalue weighted by Gasteiger charge is 2.15. The van der Waals surface area contributed by atoms with Crippen LogP contribution in [0.15, 0.2) is 10.5 Å². The molecule has 90 valence electrons. The van der Waals surface area contributed by atoms with Gasteiger partial charge in [0.2, 0.25) is 0 Å². The van der Waals surface area contributed by atoms with Gasteiger partial charge in [-0.1, -0.05) is 6.92 Å². The van der Waals surface area contributed by atoms with Gasteiger partial charge in [-0.2, -0.15) is 0 Å². The van der Waals surface area contributed by atoms with Crippen molar-refractivity contribution in [3.8, 4) is 11.5 Å². The Hall–Kier alpha value is -0.740. The van der Waals surface area contributed by atoms with Gasteiger partial charge in [-0.15, -0.1) is 0 Å². The van der Waals surface area contributed by atoms with Gasteiger partial charge in [-0.3, -0.25) is 0 Å². The first-order valence-electron chi connectivity index (χ1n) is 5.31. The third-order valence-electron chi connectivity index (χ3n) is 2.57. The van der Waals surface area contributed by atoms with E-state index in [1.807, 2.05) is 6.07 Å². The van der Waals surface area contributed by atoms with Crippen LogP contribution in [-0.2, 0) is 12.8 Å². The molecule has 3 nitrogen and oxygen atoms in total. The molecule has 0 aliphatic heterocycles. The van der Waals surface area contributed by atoms with Crippen LogP contribution in [0.1, 0.15) is 18.1 Å². The minimum absolute atomic E-state index is 0.634. The second kappa shape index (κ2) is 6.11. The van der Waals surface area contributed by atoms with E-state index in [2.05, 4.69) is 22.9 Å². The fourth-order valence-electron chi connectivity index (χ4n) is 1.80. The molecule has 0 aromatic heterocycles. The van der Waals surface area contributed by atoms with Crippen LogP contribution in [0.25, 0.3) is 0 Å². The van der Waals surface area contributed by atoms with Crippen LogP contribution in [0, 0.1) is 0 Å². The van der Waals surface area contributed by atoms with Gasteiger partial charge in [0.25, 0.3) is 0 Å². The Morgan fingerprint density at radius 2 is 2.00 bits per heavy atom. The first-order chi connectivity index (χ1) is 7.69. The van der Waals surface area contributed by atoms with E-state index in [-0.39, 0.29) is 0 Å². The zero-order chi connectivity index (χ0) is 12.1. The second-order valence-electron chi connectivity index (χ2n) is 3.46. The van der Waals surface area contributed by atoms with Gasteiger partial charge in [0.05, 0.1) is 18.7 Å². The van der Waals surface area contributed by atoms with E-state index in [0.29, 0.717) is 6.54 Å². The first kappa shape index (κ1) is 13.3. The smallest absolute Gasteiger partial charge is 0.175 e. The number of benzene rings is 1. The standard InChI is InChI=1S/C12H18BrNO2/c1-4-9-8(5-6-14)7-10(15-2)12(16-3)11(9)13/h7H,4-6,14H2,1-3H3. The molecule has 1 aromatic rings. The molecule has 0 unspecified atom stereocenters. The largest absolute Gasteiger partial charge is 0.493 e. The van der Waals surface area contributed by atoms with Crippen LogP contribution in [0.3, 0.4) is 0 Å². The molecule has 1 rings (SSSR count). The van der Waals surface area contributed by atoms with Gasteiger partial charge in [-0.25, -0.2) is 0 Å². The fraction of sp³-hybridized carbons (Fsp3) is 0.500. The minimum atomic E-state index is 0.634. The molecule has 2 N–H and O–H groups in total. The molecule has 0 bridgehead atoms. The zero-order valence-corrected chi connectivity index (χ0v) is 11.6. The second-order valence-corrected chi connectivity index (χ2v) is 4.25. The van der Waals surface area contributed by atoms with Crippen molar-refractivity contribution in [1.82, 2.24) is 0 Å². The minimum Gasteiger partial charge on any atom is -0.493 e. The third-order valence-corrected chi connectivity index (χ3v) is 3.41. The molecule has 1 aromatic carbocycles. The van der Waals surface area contributed by atoms with Crippen LogP contribution in [0.4, 0.5) is 0 Å². The molecule has 0 heterocycles. The SMILES string of the molecule is CCc1c(CCN)cc(OC)c(OC)c1Br. The summed E-state index contributed by atoms with van der Waals surface area (Å²) < 4.78 is 11.6. The lowest BCUT2D eigenvalue weighted by atomic mass is 10.0. The monoisotopic (exact) mass is 287 g/mol. The number of halogens is 1. The van der Waals surface area contributed by atoms with Crippen molar-refractivity contribution in [1.29, 1.82) is 0 Å². The molecule has 0 radical (unpaired) electrons. The van der Waals surface area contributed by atoms with E-state index in [1.54, 1.807) is 14.2 Å². The molecule has 0 saturated heterocycles. The van der Waals surface area contributed by atoms with Gasteiger partial charge in [0.1, 0.15) is 0 Å². The van der Waals surface area contributed by atoms with E-state index >= 15 is 0 Å². The number of rotatable bonds is 5. The van der Waals surface area contributed by atoms with Crippen molar-refractivity contribution in [2.45, 2.75) is 19.8 Å². The number of nitrogens with two attached hydrogens (primary N) is 1. The van der Waals surface area contributed by atoms with Crippen LogP contribution in [0.5, 0.6) is 11.5 Å². The number of methoxy groups -OCH3 is 2. The summed E-state index contributed by atoms with van der Waals surface area (Å²) in [6.45, 7) is 2.75. The Kier molecular flexibility index (Phi) is 5.09. The van der Waals surface area contributed by atoms with Gasteiger partial charge in [0.15, 0.2) is 11.5 Å². The lowest BCUT2D eigenvalue weighted by Gasteiger charge is -2.16. The first-order valence-corrected chi connectivity index (χ1v) is 6.11. The average molecular weight is 288 g/mol. The lowest BCUT2D eigenvalue weighted by Crippen LogP contribution is -2.07. The van der Waals surface area contributed by atoms with Gasteiger partial charge in [-0.05, 0) is 52.5 Å². The quantitative estimate of drug-likeness (QED) is 0.905. The van der Waals surface area contributed by atoms with Crippen molar-refractivity contribution in [2.75, 3.05) is 20.8 Å². The molecular formula is C12H18BrNO2. The van der Waals surface area contributed by atoms with E-state index in [9.17, 15) is 0 Å². The van der Waals surface area contributed by atoms with Gasteiger partial charge >= 0.3 is 0 Å². The van der Waals surface area contributed by atoms with Crippen molar-refractivity contribution >= 4 is 15.9 Å². The highest BCUT2D eigenvalue weighted by Crippen LogP contribution is 2.40. The molecule has 0 saturated carbocycles. The van der Waals surface area contributed by atoms with E-state index < -0.39 is 0 Å². The maximum Gasteiger partial charge on any atom is 0.175 e. The lowest BCUT2D eigenvalue weighted by molar-refractivity contribution is 0.352. The van der Waals surface area contributed by atoms with Gasteiger partial charge < -0.3 is 15.2 Å². The summed E-state index contributed by atoms with van der Waals surface area (Å²) >= 11 is 3.57. The highest BCUT2D eigenvalue weighted by atomic mass is 79.9. The zero-order valence-electron chi connectivity index (χ0n) is 9.97. The van der Waals surface area contributed by atoms with E-state index in [4.69, 9.17) is 15.2 Å². The Bertz CT molecular complexity index is 367. The predicted octanol–water partition coefficient (Wildman–Crippen LogP) is 2.53. The van der Waals surface area contributed by atoms with Crippen LogP contribution in [0.2, 0.25) is 0 Å². The number of hydrogen-bond donors (Lipinski definition) is 1. The average Bonchev–Trinajstić information content (AvgIpc) is 2.29. The summed E-state index contributed by atoms with van der Waals surface area (Å²) in [7, 11) is 3.28. The van der Waals surface area contributed by atoms with Crippen LogP contribution in [-0.4, -0.2) is 20.8 Å². The topological polar surface area (TPSA) is 44.5 Å². The normalized spacial score (nSPS) is 10.3. The Labute approximate surface area is 105 Å². The molecule has 0 fully saturated rings. The molecule has 0 aliphatic carbocycles. The Morgan fingerprint density at radius 1 is 1.31 bits per heavy atom. The summed E-state index contributed by atoms with van der Waals surface area (Å²) in [4.78, 5) is 0. The highest BCUT2D eigenvalue weighted by molar-refractivity contribution is 9.10. The van der Waals surface area contributed by atoms with Gasteiger partial charge in [0, 0.05) is 0 Å². The summed E-state index contributed by atoms with van der Waals surface area (Å²) in [5.41, 5.74) is 8.07. The maximum atomic E-state index is 5.61. The van der Waals surface area contributed by atoms with E-state index in [0.717, 1.165) is 28.8 Å². The Balaban J connectivity index is 3.35. The molecule has 0 spiro atoms. The Morgan fingerprint density at radius 3 is 2.44 bits per heavy atom. The summed E-state index contributed by atoms with van der Waals surface area (Å²) in [6, 6.07) is 2.01. The summed E-state index contributed by atoms with van der Waals surface area (Å²) in [5.74, 6) is 1.50. The molecule has 4 heteroatoms. The molecular weight excluding hydrogens is 270 g/mol. The van der Waals surface area contributed by atoms with Crippen molar-refractivity contribution in [2.24, 2.45) is 5.73 Å². The number of hydrogen-bond acceptors (Lipinski definition) is 3. The predicted molar refractivity (Wildman–Crippen MR) is 69.4 cm³/mol. The van der Waals surface area contributed by atoms with Crippen molar-refractivity contribution < 1.29 is 9.47 Å². The molecule has 16 heavy (non-hydrogen) atoms. The summed E-state index contributed by atoms with van der Waals surface area (Å²) in [5, 5.41) is 0. The van der Waals surface area contributed by atoms with E-state index in [1.165, 1.54) is 11.1 Å². The molecule has 0 aliphatic rings. The van der Waals surface area contributed by atoms with Crippen LogP contribution < -0.4 is 15.2 Å². The van der Waals surface area contributed by atoms with Crippen molar-refractivity contribution in [3.05, 3.63) is 21.7 Å². The van der Waals surface area contributed by atoms with Crippen LogP contribution >= 0.6 is 15.9 Å². The molecule has 0 atom stereocenters. The third kappa shape index (κ3) is 2.50. The maximum absolute atomic E-state index is 5.61. The number of ether oxygens (including phenoxy) is 2. The fourth-order valence-corrected chi connectivity index (χ4v) is 2.69. The molecule has 0 amide bonds.